The van der Waals surface area contributed by atoms with Gasteiger partial charge in [-0.25, -0.2) is 17.5 Å². The van der Waals surface area contributed by atoms with Crippen LogP contribution in [0.2, 0.25) is 0 Å². The number of non-ortho nitro benzene ring substituents is 1. The second-order valence-electron chi connectivity index (χ2n) is 4.96. The van der Waals surface area contributed by atoms with Gasteiger partial charge in [-0.1, -0.05) is 6.07 Å². The van der Waals surface area contributed by atoms with Crippen molar-refractivity contribution in [2.45, 2.75) is 4.90 Å². The number of ether oxygens (including phenoxy) is 1. The fourth-order valence-corrected chi connectivity index (χ4v) is 2.70. The van der Waals surface area contributed by atoms with Gasteiger partial charge in [-0.2, -0.15) is 0 Å². The van der Waals surface area contributed by atoms with Crippen molar-refractivity contribution in [3.8, 4) is 5.75 Å². The number of sulfonamides is 1. The molecule has 0 aliphatic heterocycles. The predicted octanol–water partition coefficient (Wildman–Crippen LogP) is 2.06. The van der Waals surface area contributed by atoms with Crippen LogP contribution in [-0.2, 0) is 10.0 Å². The van der Waals surface area contributed by atoms with Crippen LogP contribution in [0.3, 0.4) is 0 Å². The lowest BCUT2D eigenvalue weighted by Gasteiger charge is -2.11. The summed E-state index contributed by atoms with van der Waals surface area (Å²) < 4.78 is 30.0. The maximum absolute atomic E-state index is 12.0. The zero-order valence-corrected chi connectivity index (χ0v) is 13.7. The van der Waals surface area contributed by atoms with Crippen LogP contribution < -0.4 is 4.74 Å². The average molecular weight is 350 g/mol. The van der Waals surface area contributed by atoms with Gasteiger partial charge in [0.15, 0.2) is 0 Å². The summed E-state index contributed by atoms with van der Waals surface area (Å²) >= 11 is 0. The lowest BCUT2D eigenvalue weighted by atomic mass is 10.2. The Kier molecular flexibility index (Phi) is 4.96. The fourth-order valence-electron chi connectivity index (χ4n) is 1.80. The van der Waals surface area contributed by atoms with E-state index in [0.717, 1.165) is 10.4 Å². The van der Waals surface area contributed by atoms with Gasteiger partial charge in [0.2, 0.25) is 10.0 Å². The molecule has 0 aliphatic rings. The van der Waals surface area contributed by atoms with E-state index in [1.165, 1.54) is 56.6 Å². The molecule has 2 aromatic carbocycles. The van der Waals surface area contributed by atoms with Crippen molar-refractivity contribution in [1.29, 1.82) is 0 Å². The van der Waals surface area contributed by atoms with E-state index in [4.69, 9.17) is 4.74 Å². The zero-order valence-electron chi connectivity index (χ0n) is 12.9. The van der Waals surface area contributed by atoms with E-state index in [1.807, 2.05) is 0 Å². The number of nitrogens with zero attached hydrogens (tertiary/aromatic N) is 2. The van der Waals surface area contributed by atoms with Gasteiger partial charge < -0.3 is 4.74 Å². The van der Waals surface area contributed by atoms with Crippen LogP contribution in [0.5, 0.6) is 5.75 Å². The van der Waals surface area contributed by atoms with Crippen molar-refractivity contribution in [1.82, 2.24) is 4.31 Å². The minimum absolute atomic E-state index is 0.0270. The van der Waals surface area contributed by atoms with Crippen LogP contribution in [0, 0.1) is 10.1 Å². The molecule has 0 atom stereocenters. The molecule has 2 rings (SSSR count). The monoisotopic (exact) mass is 350 g/mol. The van der Waals surface area contributed by atoms with Gasteiger partial charge >= 0.3 is 5.97 Å². The van der Waals surface area contributed by atoms with Gasteiger partial charge in [0.25, 0.3) is 5.69 Å². The number of esters is 1. The van der Waals surface area contributed by atoms with Crippen molar-refractivity contribution in [2.24, 2.45) is 0 Å². The first-order valence-corrected chi connectivity index (χ1v) is 8.15. The summed E-state index contributed by atoms with van der Waals surface area (Å²) in [5.41, 5.74) is -0.0769. The Hall–Kier alpha value is -2.78. The molecule has 8 nitrogen and oxygen atoms in total. The SMILES string of the molecule is CN(C)S(=O)(=O)c1ccc(C(=O)Oc2cccc([N+](=O)[O-])c2)cc1. The first kappa shape index (κ1) is 17.6. The molecule has 0 radical (unpaired) electrons. The Morgan fingerprint density at radius 1 is 1.12 bits per heavy atom. The van der Waals surface area contributed by atoms with Crippen molar-refractivity contribution < 1.29 is 22.9 Å². The van der Waals surface area contributed by atoms with Crippen LogP contribution in [-0.4, -0.2) is 37.7 Å². The van der Waals surface area contributed by atoms with Gasteiger partial charge in [-0.15, -0.1) is 0 Å². The second kappa shape index (κ2) is 6.77. The highest BCUT2D eigenvalue weighted by Gasteiger charge is 2.18. The van der Waals surface area contributed by atoms with Crippen LogP contribution in [0.15, 0.2) is 53.4 Å². The van der Waals surface area contributed by atoms with E-state index in [1.54, 1.807) is 0 Å². The summed E-state index contributed by atoms with van der Waals surface area (Å²) in [4.78, 5) is 22.2. The first-order valence-electron chi connectivity index (χ1n) is 6.71. The van der Waals surface area contributed by atoms with Crippen LogP contribution >= 0.6 is 0 Å². The Balaban J connectivity index is 2.19. The van der Waals surface area contributed by atoms with Crippen molar-refractivity contribution in [3.63, 3.8) is 0 Å². The standard InChI is InChI=1S/C15H14N2O6S/c1-16(2)24(21,22)14-8-6-11(7-9-14)15(18)23-13-5-3-4-12(10-13)17(19)20/h3-10H,1-2H3. The largest absolute Gasteiger partial charge is 0.423 e. The van der Waals surface area contributed by atoms with E-state index >= 15 is 0 Å². The summed E-state index contributed by atoms with van der Waals surface area (Å²) in [5.74, 6) is -0.719. The summed E-state index contributed by atoms with van der Waals surface area (Å²) in [6, 6.07) is 10.4. The first-order chi connectivity index (χ1) is 11.2. The third kappa shape index (κ3) is 3.76. The maximum Gasteiger partial charge on any atom is 0.343 e. The number of carbonyl (C=O) groups excluding carboxylic acids is 1. The number of hydrogen-bond donors (Lipinski definition) is 0. The molecular formula is C15H14N2O6S. The van der Waals surface area contributed by atoms with Gasteiger partial charge in [-0.3, -0.25) is 10.1 Å². The molecule has 0 fully saturated rings. The highest BCUT2D eigenvalue weighted by atomic mass is 32.2. The Bertz CT molecular complexity index is 875. The maximum atomic E-state index is 12.0. The lowest BCUT2D eigenvalue weighted by molar-refractivity contribution is -0.384. The highest BCUT2D eigenvalue weighted by molar-refractivity contribution is 7.89. The van der Waals surface area contributed by atoms with Crippen molar-refractivity contribution >= 4 is 21.7 Å². The molecule has 0 heterocycles. The topological polar surface area (TPSA) is 107 Å². The molecule has 0 unspecified atom stereocenters. The zero-order chi connectivity index (χ0) is 17.9. The molecule has 24 heavy (non-hydrogen) atoms. The van der Waals surface area contributed by atoms with E-state index in [-0.39, 0.29) is 21.9 Å². The molecule has 0 aromatic heterocycles. The van der Waals surface area contributed by atoms with E-state index in [9.17, 15) is 23.3 Å². The Morgan fingerprint density at radius 3 is 2.29 bits per heavy atom. The Morgan fingerprint density at radius 2 is 1.75 bits per heavy atom. The molecule has 0 spiro atoms. The molecule has 126 valence electrons. The van der Waals surface area contributed by atoms with Crippen molar-refractivity contribution in [3.05, 3.63) is 64.2 Å². The summed E-state index contributed by atoms with van der Waals surface area (Å²) in [6.45, 7) is 0. The number of hydrogen-bond acceptors (Lipinski definition) is 6. The minimum atomic E-state index is -3.59. The van der Waals surface area contributed by atoms with Crippen molar-refractivity contribution in [2.75, 3.05) is 14.1 Å². The number of benzene rings is 2. The van der Waals surface area contributed by atoms with Crippen LogP contribution in [0.1, 0.15) is 10.4 Å². The normalized spacial score (nSPS) is 11.3. The number of nitro benzene ring substituents is 1. The number of rotatable bonds is 5. The second-order valence-corrected chi connectivity index (χ2v) is 7.11. The number of nitro groups is 1. The molecular weight excluding hydrogens is 336 g/mol. The molecule has 9 heteroatoms. The van der Waals surface area contributed by atoms with Crippen LogP contribution in [0.25, 0.3) is 0 Å². The average Bonchev–Trinajstić information content (AvgIpc) is 2.55. The van der Waals surface area contributed by atoms with E-state index < -0.39 is 20.9 Å². The highest BCUT2D eigenvalue weighted by Crippen LogP contribution is 2.21. The van der Waals surface area contributed by atoms with E-state index in [2.05, 4.69) is 0 Å². The molecule has 0 N–H and O–H groups in total. The van der Waals surface area contributed by atoms with Crippen LogP contribution in [0.4, 0.5) is 5.69 Å². The molecule has 0 amide bonds. The van der Waals surface area contributed by atoms with Gasteiger partial charge in [0.05, 0.1) is 21.4 Å². The van der Waals surface area contributed by atoms with Gasteiger partial charge in [0, 0.05) is 20.2 Å². The Labute approximate surface area is 138 Å². The quantitative estimate of drug-likeness (QED) is 0.354. The molecule has 2 aromatic rings. The lowest BCUT2D eigenvalue weighted by Crippen LogP contribution is -2.22. The number of carbonyl (C=O) groups is 1. The summed E-state index contributed by atoms with van der Waals surface area (Å²) in [7, 11) is -0.782. The summed E-state index contributed by atoms with van der Waals surface area (Å²) in [5, 5.41) is 10.7. The van der Waals surface area contributed by atoms with Gasteiger partial charge in [0.1, 0.15) is 5.75 Å². The molecule has 0 aliphatic carbocycles. The predicted molar refractivity (Wildman–Crippen MR) is 85.4 cm³/mol. The van der Waals surface area contributed by atoms with Gasteiger partial charge in [-0.05, 0) is 30.3 Å². The minimum Gasteiger partial charge on any atom is -0.423 e. The molecule has 0 saturated heterocycles. The van der Waals surface area contributed by atoms with E-state index in [0.29, 0.717) is 0 Å². The third-order valence-electron chi connectivity index (χ3n) is 3.11. The molecule has 0 bridgehead atoms. The summed E-state index contributed by atoms with van der Waals surface area (Å²) in [6.07, 6.45) is 0. The fraction of sp³-hybridized carbons (Fsp3) is 0.133. The third-order valence-corrected chi connectivity index (χ3v) is 4.94. The smallest absolute Gasteiger partial charge is 0.343 e. The molecule has 0 saturated carbocycles.